The van der Waals surface area contributed by atoms with E-state index >= 15 is 0 Å². The van der Waals surface area contributed by atoms with Crippen LogP contribution in [0, 0.1) is 5.82 Å². The number of piperidine rings is 1. The number of rotatable bonds is 6. The maximum Gasteiger partial charge on any atom is 0.316 e. The second kappa shape index (κ2) is 9.35. The van der Waals surface area contributed by atoms with Gasteiger partial charge in [-0.3, -0.25) is 4.79 Å². The van der Waals surface area contributed by atoms with Crippen molar-refractivity contribution in [3.63, 3.8) is 0 Å². The molecule has 7 heteroatoms. The Morgan fingerprint density at radius 1 is 1.03 bits per heavy atom. The van der Waals surface area contributed by atoms with E-state index in [2.05, 4.69) is 9.97 Å². The first-order valence-electron chi connectivity index (χ1n) is 9.87. The Balaban J connectivity index is 1.28. The SMILES string of the molecule is O=C(COc1ccc(-c2ccccc2)cc1)N1CCCC(Oc2ncc(F)cn2)C1. The van der Waals surface area contributed by atoms with Crippen LogP contribution in [0.2, 0.25) is 0 Å². The monoisotopic (exact) mass is 407 g/mol. The number of carbonyl (C=O) groups excluding carboxylic acids is 1. The number of halogens is 1. The van der Waals surface area contributed by atoms with Gasteiger partial charge in [0.25, 0.3) is 5.91 Å². The molecule has 1 aliphatic rings. The Labute approximate surface area is 174 Å². The van der Waals surface area contributed by atoms with Crippen LogP contribution in [0.3, 0.4) is 0 Å². The third-order valence-electron chi connectivity index (χ3n) is 4.92. The van der Waals surface area contributed by atoms with Crippen molar-refractivity contribution in [2.24, 2.45) is 0 Å². The molecule has 1 fully saturated rings. The fourth-order valence-electron chi connectivity index (χ4n) is 3.38. The highest BCUT2D eigenvalue weighted by molar-refractivity contribution is 5.78. The third kappa shape index (κ3) is 5.11. The standard InChI is InChI=1S/C23H22FN3O3/c24-19-13-25-23(26-14-19)30-21-7-4-12-27(15-21)22(28)16-29-20-10-8-18(9-11-20)17-5-2-1-3-6-17/h1-3,5-6,8-11,13-14,21H,4,7,12,15-16H2. The highest BCUT2D eigenvalue weighted by atomic mass is 19.1. The van der Waals surface area contributed by atoms with E-state index in [1.165, 1.54) is 0 Å². The first-order valence-corrected chi connectivity index (χ1v) is 9.87. The zero-order chi connectivity index (χ0) is 20.8. The van der Waals surface area contributed by atoms with Gasteiger partial charge < -0.3 is 14.4 Å². The molecule has 1 atom stereocenters. The summed E-state index contributed by atoms with van der Waals surface area (Å²) in [6.07, 6.45) is 3.49. The van der Waals surface area contributed by atoms with Gasteiger partial charge in [-0.25, -0.2) is 14.4 Å². The van der Waals surface area contributed by atoms with Crippen molar-refractivity contribution < 1.29 is 18.7 Å². The molecule has 1 aliphatic heterocycles. The molecule has 0 N–H and O–H groups in total. The molecule has 1 saturated heterocycles. The maximum atomic E-state index is 12.9. The minimum atomic E-state index is -0.517. The number of likely N-dealkylation sites (tertiary alicyclic amines) is 1. The second-order valence-electron chi connectivity index (χ2n) is 7.08. The molecule has 3 aromatic rings. The molecule has 1 aromatic heterocycles. The number of hydrogen-bond acceptors (Lipinski definition) is 5. The largest absolute Gasteiger partial charge is 0.484 e. The lowest BCUT2D eigenvalue weighted by molar-refractivity contribution is -0.136. The smallest absolute Gasteiger partial charge is 0.316 e. The van der Waals surface area contributed by atoms with Gasteiger partial charge in [-0.1, -0.05) is 42.5 Å². The predicted octanol–water partition coefficient (Wildman–Crippen LogP) is 3.73. The molecule has 1 unspecified atom stereocenters. The van der Waals surface area contributed by atoms with Gasteiger partial charge in [0.15, 0.2) is 12.4 Å². The summed E-state index contributed by atoms with van der Waals surface area (Å²) in [7, 11) is 0. The molecule has 2 heterocycles. The Morgan fingerprint density at radius 2 is 1.73 bits per heavy atom. The van der Waals surface area contributed by atoms with Gasteiger partial charge in [-0.05, 0) is 36.1 Å². The maximum absolute atomic E-state index is 12.9. The number of benzene rings is 2. The summed E-state index contributed by atoms with van der Waals surface area (Å²) in [4.78, 5) is 21.9. The molecule has 0 radical (unpaired) electrons. The van der Waals surface area contributed by atoms with Crippen molar-refractivity contribution in [1.82, 2.24) is 14.9 Å². The van der Waals surface area contributed by atoms with Crippen molar-refractivity contribution in [3.05, 3.63) is 72.8 Å². The van der Waals surface area contributed by atoms with Gasteiger partial charge >= 0.3 is 6.01 Å². The van der Waals surface area contributed by atoms with E-state index in [0.29, 0.717) is 18.8 Å². The summed E-state index contributed by atoms with van der Waals surface area (Å²) in [5, 5.41) is 0. The number of ether oxygens (including phenoxy) is 2. The van der Waals surface area contributed by atoms with Crippen LogP contribution in [0.15, 0.2) is 67.0 Å². The first kappa shape index (κ1) is 19.8. The van der Waals surface area contributed by atoms with Crippen molar-refractivity contribution >= 4 is 5.91 Å². The van der Waals surface area contributed by atoms with E-state index in [4.69, 9.17) is 9.47 Å². The van der Waals surface area contributed by atoms with Crippen molar-refractivity contribution in [2.75, 3.05) is 19.7 Å². The lowest BCUT2D eigenvalue weighted by atomic mass is 10.1. The summed E-state index contributed by atoms with van der Waals surface area (Å²) in [6, 6.07) is 17.9. The number of aromatic nitrogens is 2. The summed E-state index contributed by atoms with van der Waals surface area (Å²) >= 11 is 0. The van der Waals surface area contributed by atoms with E-state index in [-0.39, 0.29) is 24.6 Å². The molecular formula is C23H22FN3O3. The fourth-order valence-corrected chi connectivity index (χ4v) is 3.38. The topological polar surface area (TPSA) is 64.5 Å². The number of carbonyl (C=O) groups is 1. The van der Waals surface area contributed by atoms with Crippen LogP contribution in [-0.4, -0.2) is 46.6 Å². The minimum absolute atomic E-state index is 0.0373. The highest BCUT2D eigenvalue weighted by Gasteiger charge is 2.25. The van der Waals surface area contributed by atoms with Gasteiger partial charge in [0, 0.05) is 6.54 Å². The lowest BCUT2D eigenvalue weighted by Crippen LogP contribution is -2.46. The normalized spacial score (nSPS) is 16.2. The molecule has 30 heavy (non-hydrogen) atoms. The van der Waals surface area contributed by atoms with Gasteiger partial charge in [0.2, 0.25) is 0 Å². The van der Waals surface area contributed by atoms with Crippen LogP contribution in [0.4, 0.5) is 4.39 Å². The first-order chi connectivity index (χ1) is 14.7. The lowest BCUT2D eigenvalue weighted by Gasteiger charge is -2.32. The van der Waals surface area contributed by atoms with Crippen molar-refractivity contribution in [2.45, 2.75) is 18.9 Å². The number of hydrogen-bond donors (Lipinski definition) is 0. The average molecular weight is 407 g/mol. The molecule has 4 rings (SSSR count). The Kier molecular flexibility index (Phi) is 6.17. The molecule has 0 aliphatic carbocycles. The molecule has 6 nitrogen and oxygen atoms in total. The molecule has 0 bridgehead atoms. The minimum Gasteiger partial charge on any atom is -0.484 e. The van der Waals surface area contributed by atoms with Crippen molar-refractivity contribution in [3.8, 4) is 22.9 Å². The molecule has 1 amide bonds. The van der Waals surface area contributed by atoms with E-state index in [1.54, 1.807) is 4.90 Å². The highest BCUT2D eigenvalue weighted by Crippen LogP contribution is 2.22. The summed E-state index contributed by atoms with van der Waals surface area (Å²) in [6.45, 7) is 1.04. The van der Waals surface area contributed by atoms with E-state index in [1.807, 2.05) is 54.6 Å². The number of amides is 1. The van der Waals surface area contributed by atoms with Gasteiger partial charge in [-0.15, -0.1) is 0 Å². The third-order valence-corrected chi connectivity index (χ3v) is 4.92. The van der Waals surface area contributed by atoms with E-state index < -0.39 is 5.82 Å². The molecule has 2 aromatic carbocycles. The van der Waals surface area contributed by atoms with E-state index in [0.717, 1.165) is 36.4 Å². The molecule has 0 spiro atoms. The van der Waals surface area contributed by atoms with Gasteiger partial charge in [0.05, 0.1) is 18.9 Å². The van der Waals surface area contributed by atoms with Crippen LogP contribution >= 0.6 is 0 Å². The van der Waals surface area contributed by atoms with Gasteiger partial charge in [-0.2, -0.15) is 0 Å². The molecular weight excluding hydrogens is 385 g/mol. The van der Waals surface area contributed by atoms with Gasteiger partial charge in [0.1, 0.15) is 11.9 Å². The van der Waals surface area contributed by atoms with Crippen LogP contribution < -0.4 is 9.47 Å². The zero-order valence-electron chi connectivity index (χ0n) is 16.4. The Morgan fingerprint density at radius 3 is 2.47 bits per heavy atom. The second-order valence-corrected chi connectivity index (χ2v) is 7.08. The average Bonchev–Trinajstić information content (AvgIpc) is 2.80. The van der Waals surface area contributed by atoms with Crippen LogP contribution in [-0.2, 0) is 4.79 Å². The van der Waals surface area contributed by atoms with Crippen LogP contribution in [0.25, 0.3) is 11.1 Å². The fraction of sp³-hybridized carbons (Fsp3) is 0.261. The quantitative estimate of drug-likeness (QED) is 0.623. The predicted molar refractivity (Wildman–Crippen MR) is 110 cm³/mol. The van der Waals surface area contributed by atoms with Crippen LogP contribution in [0.1, 0.15) is 12.8 Å². The molecule has 154 valence electrons. The Bertz CT molecular complexity index is 965. The molecule has 0 saturated carbocycles. The zero-order valence-corrected chi connectivity index (χ0v) is 16.4. The number of nitrogens with zero attached hydrogens (tertiary/aromatic N) is 3. The Hall–Kier alpha value is -3.48. The van der Waals surface area contributed by atoms with Crippen molar-refractivity contribution in [1.29, 1.82) is 0 Å². The summed E-state index contributed by atoms with van der Waals surface area (Å²) in [5.74, 6) is 0.0276. The summed E-state index contributed by atoms with van der Waals surface area (Å²) in [5.41, 5.74) is 2.22. The van der Waals surface area contributed by atoms with Crippen LogP contribution in [0.5, 0.6) is 11.8 Å². The van der Waals surface area contributed by atoms with E-state index in [9.17, 15) is 9.18 Å². The summed E-state index contributed by atoms with van der Waals surface area (Å²) < 4.78 is 24.3.